The molecule has 0 heterocycles. The summed E-state index contributed by atoms with van der Waals surface area (Å²) in [5.74, 6) is 0. The van der Waals surface area contributed by atoms with E-state index in [1.54, 1.807) is 6.92 Å². The number of hydrogen-bond donors (Lipinski definition) is 2. The zero-order chi connectivity index (χ0) is 11.3. The van der Waals surface area contributed by atoms with Gasteiger partial charge in [-0.25, -0.2) is 0 Å². The minimum Gasteiger partial charge on any atom is -0.392 e. The fraction of sp³-hybridized carbons (Fsp3) is 0.500. The van der Waals surface area contributed by atoms with Crippen LogP contribution in [0.4, 0.5) is 5.69 Å². The second-order valence-electron chi connectivity index (χ2n) is 4.04. The van der Waals surface area contributed by atoms with Gasteiger partial charge in [0.05, 0.1) is 6.10 Å². The van der Waals surface area contributed by atoms with Crippen molar-refractivity contribution in [1.29, 1.82) is 0 Å². The number of nitrogens with zero attached hydrogens (tertiary/aromatic N) is 1. The summed E-state index contributed by atoms with van der Waals surface area (Å²) >= 11 is 0. The Labute approximate surface area is 91.7 Å². The van der Waals surface area contributed by atoms with Gasteiger partial charge in [0.1, 0.15) is 0 Å². The first-order chi connectivity index (χ1) is 7.09. The minimum atomic E-state index is -0.286. The average Bonchev–Trinajstić information content (AvgIpc) is 2.18. The van der Waals surface area contributed by atoms with Crippen LogP contribution in [0.15, 0.2) is 24.3 Å². The molecule has 0 aliphatic carbocycles. The summed E-state index contributed by atoms with van der Waals surface area (Å²) in [5, 5.41) is 12.3. The molecule has 15 heavy (non-hydrogen) atoms. The first-order valence-electron chi connectivity index (χ1n) is 5.24. The van der Waals surface area contributed by atoms with E-state index < -0.39 is 0 Å². The average molecular weight is 208 g/mol. The standard InChI is InChI=1S/C12H20N2O/c1-10(15)8-13-9-11-4-6-12(7-5-11)14(2)3/h4-7,10,13,15H,8-9H2,1-3H3. The van der Waals surface area contributed by atoms with E-state index in [2.05, 4.69) is 34.5 Å². The molecular formula is C12H20N2O. The van der Waals surface area contributed by atoms with Crippen molar-refractivity contribution in [1.82, 2.24) is 5.32 Å². The van der Waals surface area contributed by atoms with Crippen LogP contribution in [-0.2, 0) is 6.54 Å². The zero-order valence-corrected chi connectivity index (χ0v) is 9.70. The highest BCUT2D eigenvalue weighted by Crippen LogP contribution is 2.11. The fourth-order valence-electron chi connectivity index (χ4n) is 1.34. The summed E-state index contributed by atoms with van der Waals surface area (Å²) in [6.45, 7) is 3.22. The Morgan fingerprint density at radius 2 is 1.87 bits per heavy atom. The monoisotopic (exact) mass is 208 g/mol. The van der Waals surface area contributed by atoms with Gasteiger partial charge in [-0.15, -0.1) is 0 Å². The van der Waals surface area contributed by atoms with Gasteiger partial charge in [0, 0.05) is 32.9 Å². The molecule has 2 N–H and O–H groups in total. The van der Waals surface area contributed by atoms with E-state index in [4.69, 9.17) is 5.11 Å². The van der Waals surface area contributed by atoms with Gasteiger partial charge in [-0.3, -0.25) is 0 Å². The molecule has 0 fully saturated rings. The molecule has 1 aromatic carbocycles. The molecule has 0 radical (unpaired) electrons. The van der Waals surface area contributed by atoms with Crippen LogP contribution < -0.4 is 10.2 Å². The quantitative estimate of drug-likeness (QED) is 0.764. The van der Waals surface area contributed by atoms with Gasteiger partial charge in [-0.2, -0.15) is 0 Å². The molecule has 1 unspecified atom stereocenters. The van der Waals surface area contributed by atoms with Crippen LogP contribution in [-0.4, -0.2) is 31.9 Å². The summed E-state index contributed by atoms with van der Waals surface area (Å²) in [4.78, 5) is 2.08. The number of benzene rings is 1. The zero-order valence-electron chi connectivity index (χ0n) is 9.70. The maximum absolute atomic E-state index is 9.08. The molecule has 0 aliphatic heterocycles. The highest BCUT2D eigenvalue weighted by Gasteiger charge is 1.97. The Morgan fingerprint density at radius 3 is 2.33 bits per heavy atom. The van der Waals surface area contributed by atoms with Gasteiger partial charge in [0.15, 0.2) is 0 Å². The van der Waals surface area contributed by atoms with Crippen LogP contribution in [0, 0.1) is 0 Å². The number of aliphatic hydroxyl groups is 1. The van der Waals surface area contributed by atoms with Crippen molar-refractivity contribution in [2.75, 3.05) is 25.5 Å². The van der Waals surface area contributed by atoms with Crippen LogP contribution in [0.25, 0.3) is 0 Å². The largest absolute Gasteiger partial charge is 0.392 e. The minimum absolute atomic E-state index is 0.286. The van der Waals surface area contributed by atoms with Gasteiger partial charge in [-0.1, -0.05) is 12.1 Å². The Balaban J connectivity index is 2.43. The number of anilines is 1. The molecule has 3 heteroatoms. The number of rotatable bonds is 5. The van der Waals surface area contributed by atoms with Crippen molar-refractivity contribution in [2.45, 2.75) is 19.6 Å². The van der Waals surface area contributed by atoms with E-state index in [1.807, 2.05) is 14.1 Å². The van der Waals surface area contributed by atoms with Crippen molar-refractivity contribution in [3.05, 3.63) is 29.8 Å². The van der Waals surface area contributed by atoms with Crippen LogP contribution >= 0.6 is 0 Å². The highest BCUT2D eigenvalue weighted by molar-refractivity contribution is 5.45. The first kappa shape index (κ1) is 12.0. The molecule has 0 bridgehead atoms. The van der Waals surface area contributed by atoms with E-state index >= 15 is 0 Å². The fourth-order valence-corrected chi connectivity index (χ4v) is 1.34. The van der Waals surface area contributed by atoms with Crippen LogP contribution in [0.2, 0.25) is 0 Å². The van der Waals surface area contributed by atoms with E-state index in [0.29, 0.717) is 6.54 Å². The smallest absolute Gasteiger partial charge is 0.0636 e. The first-order valence-corrected chi connectivity index (χ1v) is 5.24. The van der Waals surface area contributed by atoms with Crippen molar-refractivity contribution in [2.24, 2.45) is 0 Å². The third kappa shape index (κ3) is 4.32. The predicted octanol–water partition coefficient (Wildman–Crippen LogP) is 1.22. The normalized spacial score (nSPS) is 12.5. The Bertz CT molecular complexity index is 280. The highest BCUT2D eigenvalue weighted by atomic mass is 16.3. The van der Waals surface area contributed by atoms with Gasteiger partial charge in [-0.05, 0) is 24.6 Å². The van der Waals surface area contributed by atoms with E-state index in [1.165, 1.54) is 11.3 Å². The van der Waals surface area contributed by atoms with Crippen molar-refractivity contribution < 1.29 is 5.11 Å². The SMILES string of the molecule is CC(O)CNCc1ccc(N(C)C)cc1. The molecule has 0 aromatic heterocycles. The molecule has 0 saturated carbocycles. The van der Waals surface area contributed by atoms with Gasteiger partial charge < -0.3 is 15.3 Å². The van der Waals surface area contributed by atoms with E-state index in [-0.39, 0.29) is 6.10 Å². The summed E-state index contributed by atoms with van der Waals surface area (Å²) in [7, 11) is 4.06. The lowest BCUT2D eigenvalue weighted by atomic mass is 10.2. The van der Waals surface area contributed by atoms with Crippen molar-refractivity contribution in [3.63, 3.8) is 0 Å². The third-order valence-corrected chi connectivity index (χ3v) is 2.22. The van der Waals surface area contributed by atoms with Crippen LogP contribution in [0.3, 0.4) is 0 Å². The third-order valence-electron chi connectivity index (χ3n) is 2.22. The topological polar surface area (TPSA) is 35.5 Å². The van der Waals surface area contributed by atoms with Crippen LogP contribution in [0.1, 0.15) is 12.5 Å². The van der Waals surface area contributed by atoms with Crippen molar-refractivity contribution in [3.8, 4) is 0 Å². The Kier molecular flexibility index (Phi) is 4.59. The maximum Gasteiger partial charge on any atom is 0.0636 e. The number of nitrogens with one attached hydrogen (secondary N) is 1. The number of hydrogen-bond acceptors (Lipinski definition) is 3. The van der Waals surface area contributed by atoms with Gasteiger partial charge in [0.2, 0.25) is 0 Å². The lowest BCUT2D eigenvalue weighted by molar-refractivity contribution is 0.191. The second-order valence-corrected chi connectivity index (χ2v) is 4.04. The molecular weight excluding hydrogens is 188 g/mol. The molecule has 0 saturated heterocycles. The molecule has 1 atom stereocenters. The summed E-state index contributed by atoms with van der Waals surface area (Å²) in [6.07, 6.45) is -0.286. The summed E-state index contributed by atoms with van der Waals surface area (Å²) < 4.78 is 0. The van der Waals surface area contributed by atoms with E-state index in [0.717, 1.165) is 6.54 Å². The summed E-state index contributed by atoms with van der Waals surface area (Å²) in [6, 6.07) is 8.40. The lowest BCUT2D eigenvalue weighted by Crippen LogP contribution is -2.23. The Morgan fingerprint density at radius 1 is 1.27 bits per heavy atom. The lowest BCUT2D eigenvalue weighted by Gasteiger charge is -2.13. The molecule has 84 valence electrons. The van der Waals surface area contributed by atoms with Crippen LogP contribution in [0.5, 0.6) is 0 Å². The molecule has 0 spiro atoms. The van der Waals surface area contributed by atoms with E-state index in [9.17, 15) is 0 Å². The molecule has 3 nitrogen and oxygen atoms in total. The molecule has 0 aliphatic rings. The predicted molar refractivity (Wildman–Crippen MR) is 64.2 cm³/mol. The molecule has 1 aromatic rings. The molecule has 1 rings (SSSR count). The van der Waals surface area contributed by atoms with Gasteiger partial charge >= 0.3 is 0 Å². The van der Waals surface area contributed by atoms with Gasteiger partial charge in [0.25, 0.3) is 0 Å². The summed E-state index contributed by atoms with van der Waals surface area (Å²) in [5.41, 5.74) is 2.44. The Hall–Kier alpha value is -1.06. The second kappa shape index (κ2) is 5.73. The number of aliphatic hydroxyl groups excluding tert-OH is 1. The van der Waals surface area contributed by atoms with Crippen molar-refractivity contribution >= 4 is 5.69 Å². The molecule has 0 amide bonds. The maximum atomic E-state index is 9.08.